The van der Waals surface area contributed by atoms with Gasteiger partial charge in [0.1, 0.15) is 52.4 Å². The lowest BCUT2D eigenvalue weighted by atomic mass is 10.0. The summed E-state index contributed by atoms with van der Waals surface area (Å²) in [5, 5.41) is 35.4. The first-order valence-corrected chi connectivity index (χ1v) is 38.0. The maximum Gasteiger partial charge on any atom is 0.353 e. The Hall–Kier alpha value is -13.3. The number of benzene rings is 11. The van der Waals surface area contributed by atoms with Crippen LogP contribution in [0, 0.1) is 0 Å². The van der Waals surface area contributed by atoms with E-state index >= 15 is 0 Å². The molecule has 0 amide bonds. The number of ether oxygens (including phenoxy) is 5. The Kier molecular flexibility index (Phi) is 22.3. The molecule has 0 spiro atoms. The van der Waals surface area contributed by atoms with Crippen molar-refractivity contribution in [3.8, 4) is 62.1 Å². The van der Waals surface area contributed by atoms with Crippen molar-refractivity contribution in [2.75, 3.05) is 45.9 Å². The van der Waals surface area contributed by atoms with Crippen molar-refractivity contribution in [1.29, 1.82) is 0 Å². The minimum absolute atomic E-state index is 0.0807. The molecule has 4 aromatic heterocycles. The molecule has 1 aliphatic heterocycles. The van der Waals surface area contributed by atoms with Gasteiger partial charge in [0.2, 0.25) is 0 Å². The number of anilines is 1. The maximum absolute atomic E-state index is 12.8. The van der Waals surface area contributed by atoms with E-state index in [-0.39, 0.29) is 23.8 Å². The minimum atomic E-state index is -1.01. The number of carboxylic acid groups (broad SMARTS) is 3. The molecule has 0 bridgehead atoms. The number of ketones is 1. The van der Waals surface area contributed by atoms with Crippen LogP contribution in [0.4, 0.5) is 5.69 Å². The Labute approximate surface area is 652 Å². The Morgan fingerprint density at radius 1 is 0.420 bits per heavy atom. The van der Waals surface area contributed by atoms with Gasteiger partial charge in [-0.05, 0) is 186 Å². The Morgan fingerprint density at radius 3 is 1.26 bits per heavy atom. The lowest BCUT2D eigenvalue weighted by molar-refractivity contribution is 0.0676. The summed E-state index contributed by atoms with van der Waals surface area (Å²) in [4.78, 5) is 58.8. The van der Waals surface area contributed by atoms with Crippen LogP contribution < -0.4 is 28.6 Å². The first-order valence-electron chi connectivity index (χ1n) is 37.1. The molecule has 5 heterocycles. The summed E-state index contributed by atoms with van der Waals surface area (Å²) in [7, 11) is 4.87. The molecule has 1 saturated heterocycles. The van der Waals surface area contributed by atoms with Crippen molar-refractivity contribution in [3.63, 3.8) is 0 Å². The molecule has 0 radical (unpaired) electrons. The van der Waals surface area contributed by atoms with Crippen LogP contribution in [0.5, 0.6) is 28.7 Å². The summed E-state index contributed by atoms with van der Waals surface area (Å²) >= 11 is 1.90. The Bertz CT molecular complexity index is 5940. The van der Waals surface area contributed by atoms with Crippen LogP contribution in [0.3, 0.4) is 0 Å². The second-order valence-corrected chi connectivity index (χ2v) is 29.0. The average molecular weight is 1500 g/mol. The average Bonchev–Trinajstić information content (AvgIpc) is 1.61. The first kappa shape index (κ1) is 74.2. The van der Waals surface area contributed by atoms with Crippen molar-refractivity contribution in [2.45, 2.75) is 62.1 Å². The topological polar surface area (TPSA) is 206 Å². The molecule has 2 fully saturated rings. The third-order valence-corrected chi connectivity index (χ3v) is 21.6. The number of hydrogen-bond acceptors (Lipinski definition) is 12. The quantitative estimate of drug-likeness (QED) is 0.0455. The third kappa shape index (κ3) is 16.5. The molecule has 17 rings (SSSR count). The number of carbonyl (C=O) groups is 4. The summed E-state index contributed by atoms with van der Waals surface area (Å²) in [5.74, 6) is 0.423. The van der Waals surface area contributed by atoms with Gasteiger partial charge < -0.3 is 57.6 Å². The number of carbonyl (C=O) groups excluding carboxylic acids is 1. The lowest BCUT2D eigenvalue weighted by Crippen LogP contribution is -2.17. The van der Waals surface area contributed by atoms with E-state index < -0.39 is 17.9 Å². The number of Topliss-reactive ketones (excluding diaryl/α,β-unsaturated/α-hetero) is 1. The molecule has 11 aromatic carbocycles. The highest BCUT2D eigenvalue weighted by molar-refractivity contribution is 8.00. The molecule has 17 nitrogen and oxygen atoms in total. The van der Waals surface area contributed by atoms with E-state index in [9.17, 15) is 34.5 Å². The monoisotopic (exact) mass is 1500 g/mol. The van der Waals surface area contributed by atoms with Gasteiger partial charge in [0.15, 0.2) is 12.4 Å². The second kappa shape index (κ2) is 33.7. The van der Waals surface area contributed by atoms with Gasteiger partial charge in [-0.25, -0.2) is 19.4 Å². The highest BCUT2D eigenvalue weighted by Crippen LogP contribution is 2.43. The van der Waals surface area contributed by atoms with Gasteiger partial charge in [0, 0.05) is 109 Å². The predicted molar refractivity (Wildman–Crippen MR) is 442 cm³/mol. The molecule has 0 atom stereocenters. The van der Waals surface area contributed by atoms with Crippen molar-refractivity contribution in [1.82, 2.24) is 18.7 Å². The van der Waals surface area contributed by atoms with Crippen LogP contribution in [0.1, 0.15) is 89.9 Å². The molecule has 3 N–H and O–H groups in total. The van der Waals surface area contributed by atoms with Crippen LogP contribution in [-0.4, -0.2) is 104 Å². The molecule has 2 aliphatic rings. The molecule has 112 heavy (non-hydrogen) atoms. The predicted octanol–water partition coefficient (Wildman–Crippen LogP) is 20.4. The summed E-state index contributed by atoms with van der Waals surface area (Å²) in [6, 6.07) is 89.3. The number of hydrogen-bond donors (Lipinski definition) is 3. The molecule has 1 aliphatic carbocycles. The van der Waals surface area contributed by atoms with Gasteiger partial charge in [-0.3, -0.25) is 4.79 Å². The number of pyridine rings is 1. The highest BCUT2D eigenvalue weighted by Gasteiger charge is 2.29. The normalized spacial score (nSPS) is 12.4. The van der Waals surface area contributed by atoms with Crippen molar-refractivity contribution in [3.05, 3.63) is 324 Å². The maximum atomic E-state index is 12.8. The molecule has 560 valence electrons. The van der Waals surface area contributed by atoms with Gasteiger partial charge in [-0.2, -0.15) is 0 Å². The summed E-state index contributed by atoms with van der Waals surface area (Å²) in [6.07, 6.45) is 4.98. The smallest absolute Gasteiger partial charge is 0.353 e. The number of aromatic carboxylic acids is 3. The fourth-order valence-corrected chi connectivity index (χ4v) is 15.8. The number of aromatic nitrogens is 4. The van der Waals surface area contributed by atoms with Crippen LogP contribution in [0.25, 0.3) is 77.0 Å². The summed E-state index contributed by atoms with van der Waals surface area (Å²) in [5.41, 5.74) is 14.4. The van der Waals surface area contributed by atoms with E-state index in [4.69, 9.17) is 23.7 Å². The Balaban J connectivity index is 0.000000134. The minimum Gasteiger partial charge on any atom is -0.497 e. The lowest BCUT2D eigenvalue weighted by Gasteiger charge is -2.17. The van der Waals surface area contributed by atoms with E-state index in [1.54, 1.807) is 33.5 Å². The zero-order chi connectivity index (χ0) is 77.2. The number of rotatable bonds is 25. The fourth-order valence-electron chi connectivity index (χ4n) is 14.7. The summed E-state index contributed by atoms with van der Waals surface area (Å²) in [6.45, 7) is 3.61. The van der Waals surface area contributed by atoms with Crippen LogP contribution in [-0.2, 0) is 26.2 Å². The molecular formula is C94H81N5O12S. The van der Waals surface area contributed by atoms with E-state index in [0.29, 0.717) is 65.9 Å². The number of fused-ring (bicyclic) bond motifs is 4. The SMILES string of the molecule is COc1cccc(Cn2c(C(=O)O)c(-c3ccc(OCC(=O)c4ccc(N5CCCC5)cc4)cc3)c3ccccc32)c1.COc1cccc(Cn2c(C(=O)O)c(-c3ccc(OCc4ccc5ccccc5n4)cc3)c3ccccc32)c1.COc1cccc(Cn2c(C(=O)O)c(-c3ccc(SC4CC4)cc3)c3ccccc32)c1. The third-order valence-electron chi connectivity index (χ3n) is 20.3. The molecule has 0 unspecified atom stereocenters. The van der Waals surface area contributed by atoms with E-state index in [1.165, 1.54) is 30.6 Å². The zero-order valence-electron chi connectivity index (χ0n) is 62.1. The number of para-hydroxylation sites is 4. The van der Waals surface area contributed by atoms with E-state index in [2.05, 4.69) is 34.1 Å². The fraction of sp³-hybridized carbons (Fsp3) is 0.160. The van der Waals surface area contributed by atoms with Gasteiger partial charge in [-0.15, -0.1) is 11.8 Å². The summed E-state index contributed by atoms with van der Waals surface area (Å²) < 4.78 is 33.5. The molecule has 1 saturated carbocycles. The van der Waals surface area contributed by atoms with Crippen molar-refractivity contribution < 1.29 is 58.2 Å². The second-order valence-electron chi connectivity index (χ2n) is 27.6. The number of methoxy groups -OCH3 is 3. The number of thioether (sulfide) groups is 1. The molecular weight excluding hydrogens is 1420 g/mol. The van der Waals surface area contributed by atoms with Gasteiger partial charge in [-0.1, -0.05) is 152 Å². The number of nitrogens with zero attached hydrogens (tertiary/aromatic N) is 5. The first-order chi connectivity index (χ1) is 54.7. The van der Waals surface area contributed by atoms with E-state index in [1.807, 2.05) is 268 Å². The highest BCUT2D eigenvalue weighted by atomic mass is 32.2. The zero-order valence-corrected chi connectivity index (χ0v) is 62.9. The van der Waals surface area contributed by atoms with E-state index in [0.717, 1.165) is 124 Å². The van der Waals surface area contributed by atoms with Gasteiger partial charge in [0.05, 0.1) is 32.5 Å². The van der Waals surface area contributed by atoms with Gasteiger partial charge in [0.25, 0.3) is 0 Å². The number of carboxylic acids is 3. The van der Waals surface area contributed by atoms with Crippen molar-refractivity contribution in [2.24, 2.45) is 0 Å². The van der Waals surface area contributed by atoms with Crippen LogP contribution >= 0.6 is 11.8 Å². The molecule has 15 aromatic rings. The standard InChI is InChI=1S/C35H32N2O5.C33H26N2O4.C26H23NO3S/c1-41-29-8-6-7-24(21-29)22-37-31-10-3-2-9-30(31)33(34(37)35(39)40)26-13-17-28(18-14-26)42-23-32(38)25-11-15-27(16-12-25)36-19-4-5-20-36;1-38-27-9-6-7-22(19-27)20-35-30-12-5-3-10-28(30)31(32(35)33(36)37)24-14-17-26(18-15-24)39-21-25-16-13-23-8-2-4-11-29(23)34-25;1-30-19-6-4-5-17(15-19)16-27-23-8-3-2-7-22(23)24(25(27)26(28)29)18-9-11-20(12-10-18)31-21-13-14-21/h2-3,6-18,21H,4-5,19-20,22-23H2,1H3,(H,39,40);2-19H,20-21H2,1H3,(H,36,37);2-12,15,21H,13-14,16H2,1H3,(H,28,29). The molecule has 18 heteroatoms. The largest absolute Gasteiger partial charge is 0.497 e. The van der Waals surface area contributed by atoms with Crippen molar-refractivity contribution >= 4 is 84.8 Å². The Morgan fingerprint density at radius 2 is 0.830 bits per heavy atom. The van der Waals surface area contributed by atoms with Gasteiger partial charge >= 0.3 is 17.9 Å². The van der Waals surface area contributed by atoms with Crippen LogP contribution in [0.15, 0.2) is 284 Å². The van der Waals surface area contributed by atoms with Crippen LogP contribution in [0.2, 0.25) is 0 Å².